The van der Waals surface area contributed by atoms with Crippen molar-refractivity contribution in [1.29, 1.82) is 0 Å². The van der Waals surface area contributed by atoms with Gasteiger partial charge in [-0.25, -0.2) is 9.59 Å². The molecule has 0 N–H and O–H groups in total. The number of fused-ring (bicyclic) bond motifs is 2. The molecule has 2 heterocycles. The van der Waals surface area contributed by atoms with Crippen LogP contribution in [0.5, 0.6) is 23.0 Å². The summed E-state index contributed by atoms with van der Waals surface area (Å²) in [5, 5.41) is 0. The van der Waals surface area contributed by atoms with Crippen LogP contribution in [0, 0.1) is 13.8 Å². The minimum atomic E-state index is -2.42. The van der Waals surface area contributed by atoms with E-state index in [1.165, 1.54) is 0 Å². The van der Waals surface area contributed by atoms with Gasteiger partial charge in [0.15, 0.2) is 0 Å². The number of allylic oxidation sites excluding steroid dienone is 2. The number of carbonyl (C=O) groups excluding carboxylic acids is 2. The van der Waals surface area contributed by atoms with Crippen molar-refractivity contribution in [1.82, 2.24) is 0 Å². The third-order valence-electron chi connectivity index (χ3n) is 9.55. The summed E-state index contributed by atoms with van der Waals surface area (Å²) in [6, 6.07) is 1.87. The molecule has 0 fully saturated rings. The molecule has 2 aromatic rings. The minimum Gasteiger partial charge on any atom is -0.496 e. The number of hydrogen-bond acceptors (Lipinski definition) is 11. The van der Waals surface area contributed by atoms with Crippen LogP contribution in [0.4, 0.5) is 0 Å². The standard InChI is InChI=1S/C40H58O11PSi2/c1-25(13-15-29-35(44-5)27(3)31-23-48-39(41)33(31)37(29)46-17-19-53(7,8)9)21-50-52(43)51-22-26(2)14-16-30-36(45-6)28(4)32-24-49-40(42)34(32)38(30)47-18-20-54(10,11)12/h13-14H,15-24H2,1-12H3/q+1. The summed E-state index contributed by atoms with van der Waals surface area (Å²) in [7, 11) is -1.97. The zero-order valence-electron chi connectivity index (χ0n) is 34.2. The number of methoxy groups -OCH3 is 2. The van der Waals surface area contributed by atoms with Crippen molar-refractivity contribution in [3.8, 4) is 23.0 Å². The Morgan fingerprint density at radius 1 is 0.667 bits per heavy atom. The Kier molecular flexibility index (Phi) is 14.8. The van der Waals surface area contributed by atoms with E-state index in [-0.39, 0.29) is 38.4 Å². The highest BCUT2D eigenvalue weighted by Crippen LogP contribution is 2.44. The van der Waals surface area contributed by atoms with Crippen molar-refractivity contribution in [3.05, 3.63) is 67.8 Å². The summed E-state index contributed by atoms with van der Waals surface area (Å²) in [4.78, 5) is 25.6. The molecule has 0 saturated carbocycles. The molecule has 0 aliphatic carbocycles. The van der Waals surface area contributed by atoms with Gasteiger partial charge in [-0.2, -0.15) is 0 Å². The van der Waals surface area contributed by atoms with Crippen LogP contribution in [0.15, 0.2) is 23.3 Å². The molecule has 0 spiro atoms. The van der Waals surface area contributed by atoms with Gasteiger partial charge in [-0.3, -0.25) is 0 Å². The fourth-order valence-corrected chi connectivity index (χ4v) is 8.40. The molecule has 0 aromatic heterocycles. The molecule has 2 aliphatic rings. The lowest BCUT2D eigenvalue weighted by molar-refractivity contribution is 0.0522. The highest BCUT2D eigenvalue weighted by Gasteiger charge is 2.35. The molecule has 0 radical (unpaired) electrons. The average molecular weight is 802 g/mol. The number of hydrogen-bond donors (Lipinski definition) is 0. The molecule has 54 heavy (non-hydrogen) atoms. The van der Waals surface area contributed by atoms with Gasteiger partial charge < -0.3 is 28.4 Å². The number of benzene rings is 2. The molecular formula is C40H58O11PSi2+. The first kappa shape index (κ1) is 43.2. The summed E-state index contributed by atoms with van der Waals surface area (Å²) >= 11 is 0. The van der Waals surface area contributed by atoms with E-state index in [2.05, 4.69) is 39.3 Å². The lowest BCUT2D eigenvalue weighted by Gasteiger charge is -2.21. The van der Waals surface area contributed by atoms with Crippen LogP contribution in [-0.4, -0.2) is 68.7 Å². The molecule has 14 heteroatoms. The zero-order chi connectivity index (χ0) is 40.0. The zero-order valence-corrected chi connectivity index (χ0v) is 37.1. The molecule has 11 nitrogen and oxygen atoms in total. The van der Waals surface area contributed by atoms with Gasteiger partial charge in [-0.15, -0.1) is 9.05 Å². The summed E-state index contributed by atoms with van der Waals surface area (Å²) in [5.41, 5.74) is 7.41. The predicted molar refractivity (Wildman–Crippen MR) is 215 cm³/mol. The van der Waals surface area contributed by atoms with Crippen LogP contribution >= 0.6 is 8.25 Å². The smallest absolute Gasteiger partial charge is 0.496 e. The molecule has 0 unspecified atom stereocenters. The maximum Gasteiger partial charge on any atom is 0.698 e. The van der Waals surface area contributed by atoms with E-state index in [9.17, 15) is 14.2 Å². The Hall–Kier alpha value is -3.49. The highest BCUT2D eigenvalue weighted by atomic mass is 31.1. The highest BCUT2D eigenvalue weighted by molar-refractivity contribution is 7.33. The van der Waals surface area contributed by atoms with Gasteiger partial charge in [0.25, 0.3) is 0 Å². The third-order valence-corrected chi connectivity index (χ3v) is 13.6. The maximum atomic E-state index is 12.8. The van der Waals surface area contributed by atoms with Crippen molar-refractivity contribution in [2.75, 3.05) is 40.6 Å². The van der Waals surface area contributed by atoms with Crippen molar-refractivity contribution in [3.63, 3.8) is 0 Å². The summed E-state index contributed by atoms with van der Waals surface area (Å²) in [5.74, 6) is 1.56. The van der Waals surface area contributed by atoms with E-state index in [0.717, 1.165) is 56.6 Å². The first-order chi connectivity index (χ1) is 25.4. The molecule has 0 amide bonds. The summed E-state index contributed by atoms with van der Waals surface area (Å²) in [6.07, 6.45) is 4.73. The maximum absolute atomic E-state index is 12.8. The Morgan fingerprint density at radius 3 is 1.37 bits per heavy atom. The van der Waals surface area contributed by atoms with E-state index >= 15 is 0 Å². The molecule has 4 rings (SSSR count). The Balaban J connectivity index is 1.42. The number of rotatable bonds is 20. The largest absolute Gasteiger partial charge is 0.698 e. The van der Waals surface area contributed by atoms with E-state index in [0.29, 0.717) is 60.2 Å². The Bertz CT molecular complexity index is 1690. The average Bonchev–Trinajstić information content (AvgIpc) is 3.68. The second kappa shape index (κ2) is 18.4. The number of esters is 2. The van der Waals surface area contributed by atoms with Gasteiger partial charge in [-0.1, -0.05) is 51.4 Å². The van der Waals surface area contributed by atoms with Gasteiger partial charge >= 0.3 is 20.2 Å². The van der Waals surface area contributed by atoms with E-state index in [4.69, 9.17) is 37.5 Å². The van der Waals surface area contributed by atoms with Gasteiger partial charge in [0.2, 0.25) is 0 Å². The molecule has 0 bridgehead atoms. The fraction of sp³-hybridized carbons (Fsp3) is 0.550. The molecule has 2 aliphatic heterocycles. The fourth-order valence-electron chi connectivity index (χ4n) is 6.27. The SMILES string of the molecule is COc1c(C)c2c(c(OCC[Si](C)(C)C)c1CC=C(C)CO[P+](=O)OCC(C)=CCc1c(OC)c(C)c3c(c1OCC[Si](C)(C)C)C(=O)OC3)C(=O)OC2. The lowest BCUT2D eigenvalue weighted by Crippen LogP contribution is -2.23. The van der Waals surface area contributed by atoms with Gasteiger partial charge in [0, 0.05) is 43.0 Å². The van der Waals surface area contributed by atoms with Gasteiger partial charge in [0.1, 0.15) is 60.6 Å². The van der Waals surface area contributed by atoms with Gasteiger partial charge in [-0.05, 0) is 74.9 Å². The minimum absolute atomic E-state index is 0.0812. The first-order valence-electron chi connectivity index (χ1n) is 18.5. The van der Waals surface area contributed by atoms with E-state index in [1.807, 2.05) is 39.8 Å². The van der Waals surface area contributed by atoms with Gasteiger partial charge in [0.05, 0.1) is 27.4 Å². The van der Waals surface area contributed by atoms with E-state index < -0.39 is 24.4 Å². The van der Waals surface area contributed by atoms with Crippen LogP contribution in [0.2, 0.25) is 51.4 Å². The molecule has 0 atom stereocenters. The second-order valence-electron chi connectivity index (χ2n) is 16.4. The lowest BCUT2D eigenvalue weighted by atomic mass is 9.95. The summed E-state index contributed by atoms with van der Waals surface area (Å²) < 4.78 is 59.1. The van der Waals surface area contributed by atoms with E-state index in [1.54, 1.807) is 14.2 Å². The van der Waals surface area contributed by atoms with Crippen LogP contribution in [0.3, 0.4) is 0 Å². The van der Waals surface area contributed by atoms with Crippen molar-refractivity contribution in [2.45, 2.75) is 105 Å². The monoisotopic (exact) mass is 801 g/mol. The topological polar surface area (TPSA) is 125 Å². The number of carbonyl (C=O) groups is 2. The van der Waals surface area contributed by atoms with Crippen LogP contribution < -0.4 is 18.9 Å². The molecule has 0 saturated heterocycles. The predicted octanol–water partition coefficient (Wildman–Crippen LogP) is 9.46. The third kappa shape index (κ3) is 10.8. The summed E-state index contributed by atoms with van der Waals surface area (Å²) in [6.45, 7) is 22.8. The number of ether oxygens (including phenoxy) is 6. The van der Waals surface area contributed by atoms with Crippen LogP contribution in [0.25, 0.3) is 0 Å². The quantitative estimate of drug-likeness (QED) is 0.0550. The normalized spacial score (nSPS) is 14.8. The van der Waals surface area contributed by atoms with Crippen molar-refractivity contribution < 1.29 is 51.6 Å². The Morgan fingerprint density at radius 2 is 1.04 bits per heavy atom. The van der Waals surface area contributed by atoms with Crippen molar-refractivity contribution >= 4 is 36.3 Å². The van der Waals surface area contributed by atoms with Crippen molar-refractivity contribution in [2.24, 2.45) is 0 Å². The second-order valence-corrected chi connectivity index (χ2v) is 28.6. The molecule has 296 valence electrons. The first-order valence-corrected chi connectivity index (χ1v) is 27.0. The van der Waals surface area contributed by atoms with Crippen LogP contribution in [0.1, 0.15) is 67.9 Å². The number of cyclic esters (lactones) is 2. The Labute approximate surface area is 323 Å². The molecule has 2 aromatic carbocycles. The molecular weight excluding hydrogens is 744 g/mol. The van der Waals surface area contributed by atoms with Crippen LogP contribution in [-0.2, 0) is 49.1 Å².